The molecule has 2 aromatic rings. The van der Waals surface area contributed by atoms with E-state index in [1.54, 1.807) is 0 Å². The molecule has 2 heterocycles. The maximum Gasteiger partial charge on any atom is 0.0346 e. The van der Waals surface area contributed by atoms with E-state index in [0.717, 1.165) is 25.6 Å². The molecule has 3 heteroatoms. The van der Waals surface area contributed by atoms with Crippen LogP contribution in [0.15, 0.2) is 48.8 Å². The van der Waals surface area contributed by atoms with Crippen LogP contribution in [-0.2, 0) is 6.54 Å². The van der Waals surface area contributed by atoms with Crippen molar-refractivity contribution in [3.63, 3.8) is 0 Å². The first-order valence-electron chi connectivity index (χ1n) is 8.18. The molecule has 0 amide bonds. The standard InChI is InChI=1S/C19H25N3/c1-15-7-9-22(14-19(15)11-20)13-16-4-2-5-17(10-16)18-6-3-8-21-12-18/h2-6,8,10,12,15,19H,7,9,11,13-14,20H2,1H3. The summed E-state index contributed by atoms with van der Waals surface area (Å²) in [5.41, 5.74) is 9.70. The predicted octanol–water partition coefficient (Wildman–Crippen LogP) is 3.17. The minimum absolute atomic E-state index is 0.634. The lowest BCUT2D eigenvalue weighted by atomic mass is 9.87. The molecule has 1 aromatic heterocycles. The van der Waals surface area contributed by atoms with Gasteiger partial charge in [-0.05, 0) is 60.2 Å². The number of benzene rings is 1. The van der Waals surface area contributed by atoms with Crippen molar-refractivity contribution in [1.29, 1.82) is 0 Å². The molecule has 2 unspecified atom stereocenters. The molecule has 2 N–H and O–H groups in total. The third kappa shape index (κ3) is 3.54. The largest absolute Gasteiger partial charge is 0.330 e. The monoisotopic (exact) mass is 295 g/mol. The van der Waals surface area contributed by atoms with E-state index in [9.17, 15) is 0 Å². The number of piperidine rings is 1. The van der Waals surface area contributed by atoms with Crippen LogP contribution >= 0.6 is 0 Å². The van der Waals surface area contributed by atoms with Crippen LogP contribution in [0.4, 0.5) is 0 Å². The molecule has 1 saturated heterocycles. The Morgan fingerprint density at radius 2 is 2.09 bits per heavy atom. The van der Waals surface area contributed by atoms with Crippen molar-refractivity contribution >= 4 is 0 Å². The van der Waals surface area contributed by atoms with E-state index in [2.05, 4.69) is 47.1 Å². The zero-order valence-electron chi connectivity index (χ0n) is 13.3. The number of pyridine rings is 1. The first-order chi connectivity index (χ1) is 10.8. The van der Waals surface area contributed by atoms with Gasteiger partial charge in [-0.2, -0.15) is 0 Å². The van der Waals surface area contributed by atoms with Gasteiger partial charge in [0.1, 0.15) is 0 Å². The Morgan fingerprint density at radius 3 is 2.86 bits per heavy atom. The van der Waals surface area contributed by atoms with Gasteiger partial charge in [-0.1, -0.05) is 31.2 Å². The smallest absolute Gasteiger partial charge is 0.0346 e. The normalized spacial score (nSPS) is 22.6. The molecule has 3 rings (SSSR count). The van der Waals surface area contributed by atoms with Gasteiger partial charge >= 0.3 is 0 Å². The number of aromatic nitrogens is 1. The average Bonchev–Trinajstić information content (AvgIpc) is 2.58. The zero-order chi connectivity index (χ0) is 15.4. The lowest BCUT2D eigenvalue weighted by molar-refractivity contribution is 0.126. The third-order valence-electron chi connectivity index (χ3n) is 4.83. The van der Waals surface area contributed by atoms with Crippen LogP contribution in [0.1, 0.15) is 18.9 Å². The van der Waals surface area contributed by atoms with Gasteiger partial charge in [-0.15, -0.1) is 0 Å². The molecule has 0 bridgehead atoms. The van der Waals surface area contributed by atoms with Crippen LogP contribution < -0.4 is 5.73 Å². The maximum absolute atomic E-state index is 5.92. The Hall–Kier alpha value is -1.71. The van der Waals surface area contributed by atoms with E-state index in [-0.39, 0.29) is 0 Å². The Kier molecular flexibility index (Phi) is 4.86. The van der Waals surface area contributed by atoms with Gasteiger partial charge in [0.05, 0.1) is 0 Å². The Labute approximate surface area is 133 Å². The topological polar surface area (TPSA) is 42.2 Å². The quantitative estimate of drug-likeness (QED) is 0.942. The molecule has 116 valence electrons. The molecule has 0 aliphatic carbocycles. The summed E-state index contributed by atoms with van der Waals surface area (Å²) in [7, 11) is 0. The highest BCUT2D eigenvalue weighted by Gasteiger charge is 2.24. The number of nitrogens with two attached hydrogens (primary N) is 1. The van der Waals surface area contributed by atoms with Crippen molar-refractivity contribution < 1.29 is 0 Å². The van der Waals surface area contributed by atoms with E-state index in [4.69, 9.17) is 5.73 Å². The van der Waals surface area contributed by atoms with Crippen molar-refractivity contribution in [3.8, 4) is 11.1 Å². The van der Waals surface area contributed by atoms with Crippen LogP contribution in [0.5, 0.6) is 0 Å². The van der Waals surface area contributed by atoms with E-state index < -0.39 is 0 Å². The van der Waals surface area contributed by atoms with Gasteiger partial charge in [0.2, 0.25) is 0 Å². The highest BCUT2D eigenvalue weighted by atomic mass is 15.1. The van der Waals surface area contributed by atoms with Gasteiger partial charge in [0.25, 0.3) is 0 Å². The van der Waals surface area contributed by atoms with Crippen molar-refractivity contribution in [2.45, 2.75) is 19.9 Å². The van der Waals surface area contributed by atoms with Crippen LogP contribution in [0.25, 0.3) is 11.1 Å². The second-order valence-electron chi connectivity index (χ2n) is 6.44. The first-order valence-corrected chi connectivity index (χ1v) is 8.18. The van der Waals surface area contributed by atoms with E-state index in [1.807, 2.05) is 18.5 Å². The number of likely N-dealkylation sites (tertiary alicyclic amines) is 1. The van der Waals surface area contributed by atoms with Crippen molar-refractivity contribution in [3.05, 3.63) is 54.4 Å². The van der Waals surface area contributed by atoms with Gasteiger partial charge in [-0.25, -0.2) is 0 Å². The molecule has 0 spiro atoms. The molecule has 1 aromatic carbocycles. The van der Waals surface area contributed by atoms with Crippen LogP contribution in [0, 0.1) is 11.8 Å². The summed E-state index contributed by atoms with van der Waals surface area (Å²) in [5.74, 6) is 1.39. The number of hydrogen-bond donors (Lipinski definition) is 1. The third-order valence-corrected chi connectivity index (χ3v) is 4.83. The minimum atomic E-state index is 0.634. The van der Waals surface area contributed by atoms with Gasteiger partial charge in [-0.3, -0.25) is 9.88 Å². The first kappa shape index (κ1) is 15.2. The Bertz CT molecular complexity index is 597. The Balaban J connectivity index is 1.71. The summed E-state index contributed by atoms with van der Waals surface area (Å²) in [6, 6.07) is 12.9. The molecular weight excluding hydrogens is 270 g/mol. The second kappa shape index (κ2) is 7.03. The molecule has 3 nitrogen and oxygen atoms in total. The average molecular weight is 295 g/mol. The van der Waals surface area contributed by atoms with Gasteiger partial charge < -0.3 is 5.73 Å². The summed E-state index contributed by atoms with van der Waals surface area (Å²) in [4.78, 5) is 6.75. The predicted molar refractivity (Wildman–Crippen MR) is 91.3 cm³/mol. The molecule has 1 aliphatic rings. The fourth-order valence-corrected chi connectivity index (χ4v) is 3.32. The SMILES string of the molecule is CC1CCN(Cc2cccc(-c3cccnc3)c2)CC1CN. The van der Waals surface area contributed by atoms with Crippen LogP contribution in [-0.4, -0.2) is 29.5 Å². The molecule has 22 heavy (non-hydrogen) atoms. The molecule has 0 saturated carbocycles. The van der Waals surface area contributed by atoms with E-state index in [0.29, 0.717) is 5.92 Å². The molecule has 1 aliphatic heterocycles. The fourth-order valence-electron chi connectivity index (χ4n) is 3.32. The molecule has 0 radical (unpaired) electrons. The van der Waals surface area contributed by atoms with Crippen molar-refractivity contribution in [2.24, 2.45) is 17.6 Å². The van der Waals surface area contributed by atoms with E-state index in [1.165, 1.54) is 29.7 Å². The minimum Gasteiger partial charge on any atom is -0.330 e. The molecule has 1 fully saturated rings. The molecular formula is C19H25N3. The maximum atomic E-state index is 5.92. The summed E-state index contributed by atoms with van der Waals surface area (Å²) >= 11 is 0. The zero-order valence-corrected chi connectivity index (χ0v) is 13.3. The second-order valence-corrected chi connectivity index (χ2v) is 6.44. The van der Waals surface area contributed by atoms with Gasteiger partial charge in [0.15, 0.2) is 0 Å². The fraction of sp³-hybridized carbons (Fsp3) is 0.421. The number of hydrogen-bond acceptors (Lipinski definition) is 3. The molecule has 2 atom stereocenters. The lowest BCUT2D eigenvalue weighted by Gasteiger charge is -2.36. The Morgan fingerprint density at radius 1 is 1.23 bits per heavy atom. The highest BCUT2D eigenvalue weighted by molar-refractivity contribution is 5.62. The van der Waals surface area contributed by atoms with Crippen LogP contribution in [0.2, 0.25) is 0 Å². The van der Waals surface area contributed by atoms with Crippen LogP contribution in [0.3, 0.4) is 0 Å². The van der Waals surface area contributed by atoms with E-state index >= 15 is 0 Å². The van der Waals surface area contributed by atoms with Gasteiger partial charge in [0, 0.05) is 25.5 Å². The summed E-state index contributed by atoms with van der Waals surface area (Å²) in [6.45, 7) is 6.44. The lowest BCUT2D eigenvalue weighted by Crippen LogP contribution is -2.42. The summed E-state index contributed by atoms with van der Waals surface area (Å²) < 4.78 is 0. The van der Waals surface area contributed by atoms with Crippen molar-refractivity contribution in [1.82, 2.24) is 9.88 Å². The summed E-state index contributed by atoms with van der Waals surface area (Å²) in [6.07, 6.45) is 4.99. The van der Waals surface area contributed by atoms with Crippen molar-refractivity contribution in [2.75, 3.05) is 19.6 Å². The number of nitrogens with zero attached hydrogens (tertiary/aromatic N) is 2. The summed E-state index contributed by atoms with van der Waals surface area (Å²) in [5, 5.41) is 0. The highest BCUT2D eigenvalue weighted by Crippen LogP contribution is 2.25. The number of rotatable bonds is 4.